The first kappa shape index (κ1) is 18.5. The van der Waals surface area contributed by atoms with Crippen LogP contribution in [0.4, 0.5) is 4.39 Å². The number of nitrogens with zero attached hydrogens (tertiary/aromatic N) is 2. The van der Waals surface area contributed by atoms with Gasteiger partial charge in [0, 0.05) is 12.0 Å². The first-order valence-corrected chi connectivity index (χ1v) is 9.33. The predicted molar refractivity (Wildman–Crippen MR) is 104 cm³/mol. The molecule has 1 unspecified atom stereocenters. The molecular weight excluding hydrogens is 359 g/mol. The summed E-state index contributed by atoms with van der Waals surface area (Å²) in [4.78, 5) is 0. The lowest BCUT2D eigenvalue weighted by Crippen LogP contribution is -2.16. The van der Waals surface area contributed by atoms with Crippen LogP contribution in [0.1, 0.15) is 17.5 Å². The summed E-state index contributed by atoms with van der Waals surface area (Å²) < 4.78 is 32.1. The number of aryl methyl sites for hydroxylation is 1. The Kier molecular flexibility index (Phi) is 5.30. The van der Waals surface area contributed by atoms with Gasteiger partial charge in [0.2, 0.25) is 0 Å². The number of rotatable bonds is 6. The molecule has 0 saturated carbocycles. The smallest absolute Gasteiger partial charge is 0.162 e. The van der Waals surface area contributed by atoms with E-state index >= 15 is 0 Å². The van der Waals surface area contributed by atoms with Crippen LogP contribution in [0.2, 0.25) is 0 Å². The SMILES string of the molecule is COc1ccc(-c2c(C)cnn2Cc2ccc(F)cc2)cc1OC1CCOC1. The largest absolute Gasteiger partial charge is 0.493 e. The number of hydrogen-bond acceptors (Lipinski definition) is 4. The van der Waals surface area contributed by atoms with Crippen LogP contribution in [0.25, 0.3) is 11.3 Å². The lowest BCUT2D eigenvalue weighted by molar-refractivity contribution is 0.138. The van der Waals surface area contributed by atoms with E-state index in [-0.39, 0.29) is 11.9 Å². The van der Waals surface area contributed by atoms with Gasteiger partial charge in [-0.3, -0.25) is 4.68 Å². The summed E-state index contributed by atoms with van der Waals surface area (Å²) in [6.45, 7) is 3.90. The predicted octanol–water partition coefficient (Wildman–Crippen LogP) is 4.22. The van der Waals surface area contributed by atoms with Gasteiger partial charge in [0.15, 0.2) is 11.5 Å². The van der Waals surface area contributed by atoms with E-state index in [9.17, 15) is 4.39 Å². The average molecular weight is 382 g/mol. The van der Waals surface area contributed by atoms with Crippen LogP contribution in [0, 0.1) is 12.7 Å². The van der Waals surface area contributed by atoms with Crippen LogP contribution >= 0.6 is 0 Å². The van der Waals surface area contributed by atoms with Crippen molar-refractivity contribution in [3.63, 3.8) is 0 Å². The van der Waals surface area contributed by atoms with E-state index in [1.54, 1.807) is 19.2 Å². The number of benzene rings is 2. The minimum atomic E-state index is -0.242. The highest BCUT2D eigenvalue weighted by Gasteiger charge is 2.20. The van der Waals surface area contributed by atoms with E-state index in [0.717, 1.165) is 35.4 Å². The summed E-state index contributed by atoms with van der Waals surface area (Å²) in [5.41, 5.74) is 4.03. The summed E-state index contributed by atoms with van der Waals surface area (Å²) in [6, 6.07) is 12.4. The van der Waals surface area contributed by atoms with Gasteiger partial charge < -0.3 is 14.2 Å². The first-order valence-electron chi connectivity index (χ1n) is 9.33. The van der Waals surface area contributed by atoms with Crippen molar-refractivity contribution < 1.29 is 18.6 Å². The zero-order valence-corrected chi connectivity index (χ0v) is 16.0. The van der Waals surface area contributed by atoms with Gasteiger partial charge in [-0.25, -0.2) is 4.39 Å². The van der Waals surface area contributed by atoms with Gasteiger partial charge >= 0.3 is 0 Å². The highest BCUT2D eigenvalue weighted by molar-refractivity contribution is 5.67. The molecule has 1 aliphatic heterocycles. The van der Waals surface area contributed by atoms with Crippen molar-refractivity contribution in [1.82, 2.24) is 9.78 Å². The van der Waals surface area contributed by atoms with E-state index in [2.05, 4.69) is 5.10 Å². The molecule has 4 rings (SSSR count). The number of ether oxygens (including phenoxy) is 3. The third-order valence-electron chi connectivity index (χ3n) is 4.89. The fraction of sp³-hybridized carbons (Fsp3) is 0.318. The zero-order valence-electron chi connectivity index (χ0n) is 16.0. The van der Waals surface area contributed by atoms with Gasteiger partial charge in [-0.15, -0.1) is 0 Å². The molecular formula is C22H23FN2O3. The molecule has 0 amide bonds. The molecule has 0 N–H and O–H groups in total. The Hall–Kier alpha value is -2.86. The molecule has 1 atom stereocenters. The normalized spacial score (nSPS) is 16.3. The fourth-order valence-corrected chi connectivity index (χ4v) is 3.44. The Morgan fingerprint density at radius 1 is 1.18 bits per heavy atom. The second kappa shape index (κ2) is 8.02. The van der Waals surface area contributed by atoms with Gasteiger partial charge in [0.25, 0.3) is 0 Å². The monoisotopic (exact) mass is 382 g/mol. The molecule has 146 valence electrons. The third kappa shape index (κ3) is 3.87. The van der Waals surface area contributed by atoms with E-state index in [1.807, 2.05) is 36.0 Å². The molecule has 2 heterocycles. The zero-order chi connectivity index (χ0) is 19.5. The molecule has 28 heavy (non-hydrogen) atoms. The van der Waals surface area contributed by atoms with Crippen LogP contribution in [-0.2, 0) is 11.3 Å². The minimum Gasteiger partial charge on any atom is -0.493 e. The van der Waals surface area contributed by atoms with E-state index in [4.69, 9.17) is 14.2 Å². The quantitative estimate of drug-likeness (QED) is 0.640. The van der Waals surface area contributed by atoms with Crippen molar-refractivity contribution in [3.8, 4) is 22.8 Å². The van der Waals surface area contributed by atoms with Gasteiger partial charge in [-0.05, 0) is 48.4 Å². The molecule has 0 spiro atoms. The van der Waals surface area contributed by atoms with E-state index < -0.39 is 0 Å². The molecule has 6 heteroatoms. The second-order valence-corrected chi connectivity index (χ2v) is 6.93. The second-order valence-electron chi connectivity index (χ2n) is 6.93. The molecule has 2 aromatic carbocycles. The average Bonchev–Trinajstić information content (AvgIpc) is 3.33. The summed E-state index contributed by atoms with van der Waals surface area (Å²) in [6.07, 6.45) is 2.75. The number of hydrogen-bond donors (Lipinski definition) is 0. The topological polar surface area (TPSA) is 45.5 Å². The Labute approximate surface area is 163 Å². The van der Waals surface area contributed by atoms with Crippen LogP contribution in [0.15, 0.2) is 48.7 Å². The lowest BCUT2D eigenvalue weighted by atomic mass is 10.1. The minimum absolute atomic E-state index is 0.0365. The van der Waals surface area contributed by atoms with Crippen LogP contribution in [-0.4, -0.2) is 36.2 Å². The van der Waals surface area contributed by atoms with Crippen molar-refractivity contribution >= 4 is 0 Å². The molecule has 1 saturated heterocycles. The number of methoxy groups -OCH3 is 1. The highest BCUT2D eigenvalue weighted by Crippen LogP contribution is 2.35. The Balaban J connectivity index is 1.66. The van der Waals surface area contributed by atoms with Crippen LogP contribution in [0.3, 0.4) is 0 Å². The Morgan fingerprint density at radius 3 is 2.71 bits per heavy atom. The highest BCUT2D eigenvalue weighted by atomic mass is 19.1. The Bertz CT molecular complexity index is 947. The van der Waals surface area contributed by atoms with Gasteiger partial charge in [0.05, 0.1) is 38.8 Å². The molecule has 0 aliphatic carbocycles. The van der Waals surface area contributed by atoms with Gasteiger partial charge in [0.1, 0.15) is 11.9 Å². The maximum atomic E-state index is 13.2. The first-order chi connectivity index (χ1) is 13.6. The third-order valence-corrected chi connectivity index (χ3v) is 4.89. The Morgan fingerprint density at radius 2 is 2.00 bits per heavy atom. The van der Waals surface area contributed by atoms with Crippen molar-refractivity contribution in [2.45, 2.75) is 26.0 Å². The summed E-state index contributed by atoms with van der Waals surface area (Å²) in [5, 5.41) is 4.52. The van der Waals surface area contributed by atoms with Crippen molar-refractivity contribution in [2.75, 3.05) is 20.3 Å². The summed E-state index contributed by atoms with van der Waals surface area (Å²) >= 11 is 0. The molecule has 1 aromatic heterocycles. The van der Waals surface area contributed by atoms with Crippen LogP contribution in [0.5, 0.6) is 11.5 Å². The van der Waals surface area contributed by atoms with Crippen molar-refractivity contribution in [3.05, 3.63) is 65.6 Å². The maximum absolute atomic E-state index is 13.2. The molecule has 0 radical (unpaired) electrons. The van der Waals surface area contributed by atoms with Gasteiger partial charge in [-0.2, -0.15) is 5.10 Å². The molecule has 0 bridgehead atoms. The molecule has 1 fully saturated rings. The standard InChI is InChI=1S/C22H23FN2O3/c1-15-12-24-25(13-16-3-6-18(23)7-4-16)22(15)17-5-8-20(26-2)21(11-17)28-19-9-10-27-14-19/h3-8,11-12,19H,9-10,13-14H2,1-2H3. The number of halogens is 1. The van der Waals surface area contributed by atoms with E-state index in [0.29, 0.717) is 24.7 Å². The van der Waals surface area contributed by atoms with Crippen molar-refractivity contribution in [1.29, 1.82) is 0 Å². The van der Waals surface area contributed by atoms with Crippen molar-refractivity contribution in [2.24, 2.45) is 0 Å². The van der Waals surface area contributed by atoms with E-state index in [1.165, 1.54) is 12.1 Å². The molecule has 3 aromatic rings. The molecule has 5 nitrogen and oxygen atoms in total. The lowest BCUT2D eigenvalue weighted by Gasteiger charge is -2.17. The number of aromatic nitrogens is 2. The summed E-state index contributed by atoms with van der Waals surface area (Å²) in [5.74, 6) is 1.15. The summed E-state index contributed by atoms with van der Waals surface area (Å²) in [7, 11) is 1.64. The van der Waals surface area contributed by atoms with Crippen LogP contribution < -0.4 is 9.47 Å². The van der Waals surface area contributed by atoms with Gasteiger partial charge in [-0.1, -0.05) is 12.1 Å². The molecule has 1 aliphatic rings. The maximum Gasteiger partial charge on any atom is 0.162 e. The fourth-order valence-electron chi connectivity index (χ4n) is 3.44.